The van der Waals surface area contributed by atoms with Crippen molar-refractivity contribution in [2.45, 2.75) is 24.6 Å². The molecule has 0 saturated heterocycles. The van der Waals surface area contributed by atoms with Gasteiger partial charge in [0, 0.05) is 5.25 Å². The van der Waals surface area contributed by atoms with Gasteiger partial charge in [0.05, 0.1) is 12.5 Å². The lowest BCUT2D eigenvalue weighted by Gasteiger charge is -2.07. The molecule has 2 atom stereocenters. The quantitative estimate of drug-likeness (QED) is 0.630. The van der Waals surface area contributed by atoms with Crippen molar-refractivity contribution in [1.82, 2.24) is 0 Å². The minimum atomic E-state index is -0.819. The lowest BCUT2D eigenvalue weighted by atomic mass is 10.1. The molecule has 1 aliphatic rings. The molecule has 0 amide bonds. The van der Waals surface area contributed by atoms with Gasteiger partial charge in [0.15, 0.2) is 5.17 Å². The van der Waals surface area contributed by atoms with Gasteiger partial charge in [-0.15, -0.1) is 0 Å². The van der Waals surface area contributed by atoms with Crippen molar-refractivity contribution >= 4 is 22.9 Å². The Hall–Kier alpha value is -0.710. The summed E-state index contributed by atoms with van der Waals surface area (Å²) in [4.78, 5) is 14.3. The van der Waals surface area contributed by atoms with E-state index in [1.165, 1.54) is 11.8 Å². The second-order valence-corrected chi connectivity index (χ2v) is 3.85. The summed E-state index contributed by atoms with van der Waals surface area (Å²) in [6.07, 6.45) is 0.0782. The van der Waals surface area contributed by atoms with E-state index in [1.54, 1.807) is 0 Å². The number of carboxylic acid groups (broad SMARTS) is 1. The number of hydrogen-bond donors (Lipinski definition) is 2. The van der Waals surface area contributed by atoms with E-state index in [-0.39, 0.29) is 17.7 Å². The number of hydrogen-bond acceptors (Lipinski definition) is 4. The first kappa shape index (κ1) is 8.39. The van der Waals surface area contributed by atoms with Crippen LogP contribution in [-0.2, 0) is 4.79 Å². The highest BCUT2D eigenvalue weighted by Crippen LogP contribution is 2.25. The fourth-order valence-electron chi connectivity index (χ4n) is 0.958. The highest BCUT2D eigenvalue weighted by atomic mass is 32.2. The summed E-state index contributed by atoms with van der Waals surface area (Å²) in [5.74, 6) is -0.819. The van der Waals surface area contributed by atoms with Crippen LogP contribution in [0, 0.1) is 0 Å². The molecule has 62 valence electrons. The van der Waals surface area contributed by atoms with Crippen molar-refractivity contribution in [3.05, 3.63) is 0 Å². The van der Waals surface area contributed by atoms with Gasteiger partial charge >= 0.3 is 5.97 Å². The number of aliphatic carboxylic acids is 1. The van der Waals surface area contributed by atoms with Crippen LogP contribution in [0.2, 0.25) is 0 Å². The average Bonchev–Trinajstić information content (AvgIpc) is 2.09. The number of nitrogens with zero attached hydrogens (tertiary/aromatic N) is 1. The number of nitrogens with two attached hydrogens (primary N) is 1. The van der Waals surface area contributed by atoms with Gasteiger partial charge in [0.25, 0.3) is 0 Å². The molecular formula is C6H10N2O2S. The van der Waals surface area contributed by atoms with Gasteiger partial charge in [-0.3, -0.25) is 9.79 Å². The van der Waals surface area contributed by atoms with E-state index in [1.807, 2.05) is 6.92 Å². The van der Waals surface area contributed by atoms with E-state index >= 15 is 0 Å². The van der Waals surface area contributed by atoms with Crippen LogP contribution in [0.3, 0.4) is 0 Å². The molecule has 0 aromatic heterocycles. The Morgan fingerprint density at radius 3 is 2.91 bits per heavy atom. The number of aliphatic imine (C=N–C) groups is 1. The zero-order valence-corrected chi connectivity index (χ0v) is 6.97. The number of amidine groups is 1. The van der Waals surface area contributed by atoms with Crippen LogP contribution in [0.15, 0.2) is 4.99 Å². The van der Waals surface area contributed by atoms with Gasteiger partial charge in [0.1, 0.15) is 0 Å². The van der Waals surface area contributed by atoms with Crippen molar-refractivity contribution in [3.8, 4) is 0 Å². The van der Waals surface area contributed by atoms with E-state index in [0.717, 1.165) is 0 Å². The molecule has 5 heteroatoms. The molecular weight excluding hydrogens is 164 g/mol. The summed E-state index contributed by atoms with van der Waals surface area (Å²) in [5, 5.41) is 9.16. The van der Waals surface area contributed by atoms with E-state index in [2.05, 4.69) is 4.99 Å². The van der Waals surface area contributed by atoms with Crippen LogP contribution < -0.4 is 5.73 Å². The molecule has 0 spiro atoms. The molecule has 0 aliphatic carbocycles. The second kappa shape index (κ2) is 3.13. The third-order valence-electron chi connectivity index (χ3n) is 1.53. The normalized spacial score (nSPS) is 30.1. The third-order valence-corrected chi connectivity index (χ3v) is 2.56. The molecule has 0 unspecified atom stereocenters. The number of thioether (sulfide) groups is 1. The molecule has 1 aliphatic heterocycles. The maximum atomic E-state index is 10.3. The van der Waals surface area contributed by atoms with Crippen LogP contribution in [0.5, 0.6) is 0 Å². The molecule has 0 fully saturated rings. The first-order chi connectivity index (χ1) is 5.09. The minimum Gasteiger partial charge on any atom is -0.481 e. The summed E-state index contributed by atoms with van der Waals surface area (Å²) in [6.45, 7) is 1.93. The molecule has 0 saturated carbocycles. The number of carboxylic acids is 1. The number of rotatable bonds is 2. The maximum Gasteiger partial charge on any atom is 0.305 e. The van der Waals surface area contributed by atoms with E-state index < -0.39 is 5.97 Å². The molecule has 0 aromatic carbocycles. The molecule has 0 aromatic rings. The van der Waals surface area contributed by atoms with Crippen molar-refractivity contribution < 1.29 is 9.90 Å². The van der Waals surface area contributed by atoms with Gasteiger partial charge in [-0.2, -0.15) is 0 Å². The molecule has 1 rings (SSSR count). The largest absolute Gasteiger partial charge is 0.481 e. The lowest BCUT2D eigenvalue weighted by molar-refractivity contribution is -0.137. The maximum absolute atomic E-state index is 10.3. The van der Waals surface area contributed by atoms with Gasteiger partial charge < -0.3 is 10.8 Å². The Bertz CT molecular complexity index is 205. The van der Waals surface area contributed by atoms with Crippen molar-refractivity contribution in [2.75, 3.05) is 0 Å². The smallest absolute Gasteiger partial charge is 0.305 e. The molecule has 1 heterocycles. The van der Waals surface area contributed by atoms with Crippen LogP contribution in [0.1, 0.15) is 13.3 Å². The Morgan fingerprint density at radius 2 is 2.55 bits per heavy atom. The first-order valence-corrected chi connectivity index (χ1v) is 4.19. The lowest BCUT2D eigenvalue weighted by Crippen LogP contribution is -2.17. The first-order valence-electron chi connectivity index (χ1n) is 3.31. The van der Waals surface area contributed by atoms with Gasteiger partial charge in [0.2, 0.25) is 0 Å². The SMILES string of the molecule is C[C@H]1SC(N)=N[C@@H]1CC(=O)O. The summed E-state index contributed by atoms with van der Waals surface area (Å²) >= 11 is 1.43. The Balaban J connectivity index is 2.52. The Morgan fingerprint density at radius 1 is 1.91 bits per heavy atom. The molecule has 11 heavy (non-hydrogen) atoms. The van der Waals surface area contributed by atoms with Gasteiger partial charge in [-0.25, -0.2) is 0 Å². The van der Waals surface area contributed by atoms with E-state index in [9.17, 15) is 4.79 Å². The molecule has 0 radical (unpaired) electrons. The fourth-order valence-corrected chi connectivity index (χ4v) is 1.85. The summed E-state index contributed by atoms with van der Waals surface area (Å²) in [7, 11) is 0. The third kappa shape index (κ3) is 2.11. The van der Waals surface area contributed by atoms with Crippen molar-refractivity contribution in [3.63, 3.8) is 0 Å². The average molecular weight is 174 g/mol. The Labute approximate surface area is 68.9 Å². The van der Waals surface area contributed by atoms with Crippen molar-refractivity contribution in [1.29, 1.82) is 0 Å². The predicted octanol–water partition coefficient (Wildman–Crippen LogP) is 0.280. The molecule has 0 bridgehead atoms. The topological polar surface area (TPSA) is 75.7 Å². The van der Waals surface area contributed by atoms with E-state index in [4.69, 9.17) is 10.8 Å². The Kier molecular flexibility index (Phi) is 2.38. The highest BCUT2D eigenvalue weighted by Gasteiger charge is 2.26. The fraction of sp³-hybridized carbons (Fsp3) is 0.667. The highest BCUT2D eigenvalue weighted by molar-refractivity contribution is 8.14. The van der Waals surface area contributed by atoms with Gasteiger partial charge in [-0.1, -0.05) is 18.7 Å². The summed E-state index contributed by atoms with van der Waals surface area (Å²) in [5.41, 5.74) is 5.41. The standard InChI is InChI=1S/C6H10N2O2S/c1-3-4(2-5(9)10)8-6(7)11-3/h3-4H,2H2,1H3,(H2,7,8)(H,9,10)/t3-,4-/m1/s1. The molecule has 4 nitrogen and oxygen atoms in total. The van der Waals surface area contributed by atoms with Gasteiger partial charge in [-0.05, 0) is 0 Å². The predicted molar refractivity (Wildman–Crippen MR) is 44.7 cm³/mol. The minimum absolute atomic E-state index is 0.0782. The van der Waals surface area contributed by atoms with Crippen molar-refractivity contribution in [2.24, 2.45) is 10.7 Å². The van der Waals surface area contributed by atoms with Crippen LogP contribution in [0.4, 0.5) is 0 Å². The summed E-state index contributed by atoms with van der Waals surface area (Å²) < 4.78 is 0. The van der Waals surface area contributed by atoms with E-state index in [0.29, 0.717) is 5.17 Å². The van der Waals surface area contributed by atoms with Crippen LogP contribution in [0.25, 0.3) is 0 Å². The van der Waals surface area contributed by atoms with Crippen LogP contribution >= 0.6 is 11.8 Å². The monoisotopic (exact) mass is 174 g/mol. The molecule has 3 N–H and O–H groups in total. The zero-order valence-electron chi connectivity index (χ0n) is 6.15. The summed E-state index contributed by atoms with van der Waals surface area (Å²) in [6, 6.07) is -0.141. The van der Waals surface area contributed by atoms with Crippen LogP contribution in [-0.4, -0.2) is 27.5 Å². The number of carbonyl (C=O) groups is 1. The zero-order chi connectivity index (χ0) is 8.43. The second-order valence-electron chi connectivity index (χ2n) is 2.46.